The second kappa shape index (κ2) is 5.99. The Bertz CT molecular complexity index is 133. The lowest BCUT2D eigenvalue weighted by Gasteiger charge is -2.29. The third-order valence-corrected chi connectivity index (χ3v) is 4.45. The fraction of sp³-hybridized carbons (Fsp3) is 1.00. The molecule has 0 spiro atoms. The Morgan fingerprint density at radius 1 is 1.14 bits per heavy atom. The Morgan fingerprint density at radius 3 is 2.57 bits per heavy atom. The average molecular weight is 214 g/mol. The van der Waals surface area contributed by atoms with Gasteiger partial charge >= 0.3 is 0 Å². The molecule has 3 heteroatoms. The van der Waals surface area contributed by atoms with Gasteiger partial charge in [-0.2, -0.15) is 11.8 Å². The molecule has 0 amide bonds. The quantitative estimate of drug-likeness (QED) is 0.765. The van der Waals surface area contributed by atoms with Crippen molar-refractivity contribution in [2.75, 3.05) is 44.2 Å². The van der Waals surface area contributed by atoms with E-state index in [4.69, 9.17) is 0 Å². The van der Waals surface area contributed by atoms with E-state index in [1.54, 1.807) is 0 Å². The van der Waals surface area contributed by atoms with Gasteiger partial charge in [-0.25, -0.2) is 0 Å². The van der Waals surface area contributed by atoms with E-state index >= 15 is 0 Å². The average Bonchev–Trinajstić information content (AvgIpc) is 2.29. The molecule has 2 rings (SSSR count). The van der Waals surface area contributed by atoms with Gasteiger partial charge in [-0.1, -0.05) is 0 Å². The summed E-state index contributed by atoms with van der Waals surface area (Å²) in [5, 5.41) is 3.41. The molecular formula is C11H22N2S. The van der Waals surface area contributed by atoms with Gasteiger partial charge in [0.15, 0.2) is 0 Å². The summed E-state index contributed by atoms with van der Waals surface area (Å²) >= 11 is 2.14. The third-order valence-electron chi connectivity index (χ3n) is 3.40. The van der Waals surface area contributed by atoms with Crippen LogP contribution in [0.2, 0.25) is 0 Å². The maximum atomic E-state index is 3.41. The zero-order valence-electron chi connectivity index (χ0n) is 9.00. The van der Waals surface area contributed by atoms with E-state index in [1.165, 1.54) is 63.5 Å². The SMILES string of the molecule is C1CN(CCC2CCSCC2)CCN1. The molecule has 2 heterocycles. The van der Waals surface area contributed by atoms with Crippen LogP contribution in [0, 0.1) is 5.92 Å². The molecule has 0 radical (unpaired) electrons. The molecule has 0 aliphatic carbocycles. The highest BCUT2D eigenvalue weighted by Gasteiger charge is 2.16. The second-order valence-corrected chi connectivity index (χ2v) is 5.66. The molecule has 2 fully saturated rings. The van der Waals surface area contributed by atoms with Crippen LogP contribution in [0.1, 0.15) is 19.3 Å². The molecule has 0 aromatic heterocycles. The van der Waals surface area contributed by atoms with Gasteiger partial charge in [0, 0.05) is 26.2 Å². The minimum Gasteiger partial charge on any atom is -0.314 e. The Balaban J connectivity index is 1.60. The second-order valence-electron chi connectivity index (χ2n) is 4.44. The van der Waals surface area contributed by atoms with Crippen LogP contribution in [0.5, 0.6) is 0 Å². The first kappa shape index (κ1) is 10.8. The Labute approximate surface area is 91.8 Å². The standard InChI is InChI=1S/C11H22N2S/c1(11-2-9-14-10-3-11)6-13-7-4-12-5-8-13/h11-12H,1-10H2. The summed E-state index contributed by atoms with van der Waals surface area (Å²) < 4.78 is 0. The number of hydrogen-bond donors (Lipinski definition) is 1. The molecular weight excluding hydrogens is 192 g/mol. The van der Waals surface area contributed by atoms with Crippen LogP contribution in [-0.2, 0) is 0 Å². The number of piperazine rings is 1. The first-order valence-corrected chi connectivity index (χ1v) is 7.11. The molecule has 0 bridgehead atoms. The maximum absolute atomic E-state index is 3.41. The van der Waals surface area contributed by atoms with Crippen molar-refractivity contribution < 1.29 is 0 Å². The van der Waals surface area contributed by atoms with Gasteiger partial charge < -0.3 is 10.2 Å². The van der Waals surface area contributed by atoms with Gasteiger partial charge in [0.05, 0.1) is 0 Å². The monoisotopic (exact) mass is 214 g/mol. The molecule has 2 nitrogen and oxygen atoms in total. The van der Waals surface area contributed by atoms with Crippen molar-refractivity contribution in [1.29, 1.82) is 0 Å². The number of hydrogen-bond acceptors (Lipinski definition) is 3. The maximum Gasteiger partial charge on any atom is 0.0107 e. The minimum absolute atomic E-state index is 1.03. The van der Waals surface area contributed by atoms with Gasteiger partial charge in [0.2, 0.25) is 0 Å². The van der Waals surface area contributed by atoms with Crippen molar-refractivity contribution in [3.8, 4) is 0 Å². The molecule has 82 valence electrons. The highest BCUT2D eigenvalue weighted by atomic mass is 32.2. The number of nitrogens with zero attached hydrogens (tertiary/aromatic N) is 1. The van der Waals surface area contributed by atoms with Crippen LogP contribution in [0.25, 0.3) is 0 Å². The van der Waals surface area contributed by atoms with Crippen molar-refractivity contribution in [2.45, 2.75) is 19.3 Å². The summed E-state index contributed by atoms with van der Waals surface area (Å²) in [6.45, 7) is 6.26. The zero-order valence-corrected chi connectivity index (χ0v) is 9.82. The van der Waals surface area contributed by atoms with Crippen molar-refractivity contribution in [2.24, 2.45) is 5.92 Å². The van der Waals surface area contributed by atoms with Crippen LogP contribution < -0.4 is 5.32 Å². The molecule has 0 saturated carbocycles. The zero-order chi connectivity index (χ0) is 9.64. The Hall–Kier alpha value is 0.270. The largest absolute Gasteiger partial charge is 0.314 e. The molecule has 0 aromatic rings. The van der Waals surface area contributed by atoms with Crippen molar-refractivity contribution in [3.05, 3.63) is 0 Å². The summed E-state index contributed by atoms with van der Waals surface area (Å²) in [5.41, 5.74) is 0. The highest BCUT2D eigenvalue weighted by molar-refractivity contribution is 7.99. The topological polar surface area (TPSA) is 15.3 Å². The van der Waals surface area contributed by atoms with Crippen LogP contribution in [0.4, 0.5) is 0 Å². The molecule has 0 aromatic carbocycles. The van der Waals surface area contributed by atoms with Crippen LogP contribution in [0.15, 0.2) is 0 Å². The molecule has 2 saturated heterocycles. The molecule has 1 N–H and O–H groups in total. The van der Waals surface area contributed by atoms with E-state index < -0.39 is 0 Å². The van der Waals surface area contributed by atoms with Gasteiger partial charge in [0.25, 0.3) is 0 Å². The third kappa shape index (κ3) is 3.44. The molecule has 0 unspecified atom stereocenters. The lowest BCUT2D eigenvalue weighted by atomic mass is 9.98. The summed E-state index contributed by atoms with van der Waals surface area (Å²) in [6, 6.07) is 0. The molecule has 2 aliphatic rings. The summed E-state index contributed by atoms with van der Waals surface area (Å²) in [5.74, 6) is 3.85. The summed E-state index contributed by atoms with van der Waals surface area (Å²) in [6.07, 6.45) is 4.38. The smallest absolute Gasteiger partial charge is 0.0107 e. The van der Waals surface area contributed by atoms with Crippen molar-refractivity contribution in [1.82, 2.24) is 10.2 Å². The predicted molar refractivity (Wildman–Crippen MR) is 64.0 cm³/mol. The molecule has 14 heavy (non-hydrogen) atoms. The summed E-state index contributed by atoms with van der Waals surface area (Å²) in [7, 11) is 0. The van der Waals surface area contributed by atoms with E-state index in [1.807, 2.05) is 0 Å². The van der Waals surface area contributed by atoms with Crippen LogP contribution >= 0.6 is 11.8 Å². The highest BCUT2D eigenvalue weighted by Crippen LogP contribution is 2.25. The lowest BCUT2D eigenvalue weighted by molar-refractivity contribution is 0.221. The van der Waals surface area contributed by atoms with Crippen LogP contribution in [-0.4, -0.2) is 49.1 Å². The van der Waals surface area contributed by atoms with Gasteiger partial charge in [-0.15, -0.1) is 0 Å². The summed E-state index contributed by atoms with van der Waals surface area (Å²) in [4.78, 5) is 2.62. The predicted octanol–water partition coefficient (Wildman–Crippen LogP) is 1.42. The Kier molecular flexibility index (Phi) is 4.61. The normalized spacial score (nSPS) is 26.6. The van der Waals surface area contributed by atoms with Gasteiger partial charge in [0.1, 0.15) is 0 Å². The fourth-order valence-electron chi connectivity index (χ4n) is 2.33. The lowest BCUT2D eigenvalue weighted by Crippen LogP contribution is -2.44. The van der Waals surface area contributed by atoms with E-state index in [2.05, 4.69) is 22.0 Å². The van der Waals surface area contributed by atoms with Gasteiger partial charge in [-0.05, 0) is 43.2 Å². The van der Waals surface area contributed by atoms with Crippen molar-refractivity contribution >= 4 is 11.8 Å². The van der Waals surface area contributed by atoms with E-state index in [0.717, 1.165) is 5.92 Å². The van der Waals surface area contributed by atoms with E-state index in [0.29, 0.717) is 0 Å². The van der Waals surface area contributed by atoms with Crippen molar-refractivity contribution in [3.63, 3.8) is 0 Å². The first-order valence-electron chi connectivity index (χ1n) is 5.96. The Morgan fingerprint density at radius 2 is 1.86 bits per heavy atom. The fourth-order valence-corrected chi connectivity index (χ4v) is 3.54. The number of nitrogens with one attached hydrogen (secondary N) is 1. The minimum atomic E-state index is 1.03. The first-order chi connectivity index (χ1) is 6.95. The van der Waals surface area contributed by atoms with E-state index in [9.17, 15) is 0 Å². The van der Waals surface area contributed by atoms with E-state index in [-0.39, 0.29) is 0 Å². The van der Waals surface area contributed by atoms with Gasteiger partial charge in [-0.3, -0.25) is 0 Å². The molecule has 2 aliphatic heterocycles. The molecule has 0 atom stereocenters. The number of rotatable bonds is 3. The number of thioether (sulfide) groups is 1. The van der Waals surface area contributed by atoms with Crippen LogP contribution in [0.3, 0.4) is 0 Å².